The van der Waals surface area contributed by atoms with E-state index in [1.54, 1.807) is 6.92 Å². The molecule has 0 heterocycles. The molecular weight excluding hydrogens is 432 g/mol. The Hall–Kier alpha value is -0.950. The molecule has 0 aromatic carbocycles. The minimum absolute atomic E-state index is 0.342. The lowest BCUT2D eigenvalue weighted by atomic mass is 10.1. The molecule has 0 radical (unpaired) electrons. The van der Waals surface area contributed by atoms with Gasteiger partial charge in [0, 0.05) is 64.8 Å². The summed E-state index contributed by atoms with van der Waals surface area (Å²) in [5.41, 5.74) is 0.423. The van der Waals surface area contributed by atoms with Crippen LogP contribution >= 0.6 is 0 Å². The molecule has 202 valence electrons. The third-order valence-corrected chi connectivity index (χ3v) is 5.39. The molecule has 0 aliphatic rings. The number of ether oxygens (including phenoxy) is 5. The maximum Gasteiger partial charge on any atom is 0.333 e. The van der Waals surface area contributed by atoms with E-state index in [4.69, 9.17) is 23.7 Å². The summed E-state index contributed by atoms with van der Waals surface area (Å²) >= 11 is 0. The lowest BCUT2D eigenvalue weighted by Crippen LogP contribution is -2.09. The molecule has 6 nitrogen and oxygen atoms in total. The van der Waals surface area contributed by atoms with Gasteiger partial charge in [0.2, 0.25) is 0 Å². The largest absolute Gasteiger partial charge is 0.462 e. The lowest BCUT2D eigenvalue weighted by Gasteiger charge is -2.07. The number of carbonyl (C=O) groups excluding carboxylic acids is 1. The molecule has 6 heteroatoms. The minimum Gasteiger partial charge on any atom is -0.462 e. The molecule has 0 unspecified atom stereocenters. The Morgan fingerprint density at radius 3 is 1.21 bits per heavy atom. The summed E-state index contributed by atoms with van der Waals surface area (Å²) in [4.78, 5) is 11.2. The van der Waals surface area contributed by atoms with E-state index in [1.165, 1.54) is 64.2 Å². The Kier molecular flexibility index (Phi) is 27.5. The summed E-state index contributed by atoms with van der Waals surface area (Å²) in [5, 5.41) is 0. The Balaban J connectivity index is 3.05. The quantitative estimate of drug-likeness (QED) is 0.0700. The van der Waals surface area contributed by atoms with Crippen molar-refractivity contribution in [2.75, 3.05) is 59.5 Å². The molecule has 0 spiro atoms. The van der Waals surface area contributed by atoms with E-state index in [2.05, 4.69) is 13.5 Å². The first kappa shape index (κ1) is 33.0. The van der Waals surface area contributed by atoms with Crippen LogP contribution in [0.15, 0.2) is 12.2 Å². The van der Waals surface area contributed by atoms with Crippen molar-refractivity contribution >= 4 is 5.97 Å². The van der Waals surface area contributed by atoms with Crippen molar-refractivity contribution < 1.29 is 28.5 Å². The van der Waals surface area contributed by atoms with Gasteiger partial charge in [-0.05, 0) is 32.6 Å². The van der Waals surface area contributed by atoms with Crippen LogP contribution in [-0.4, -0.2) is 65.4 Å². The van der Waals surface area contributed by atoms with Crippen LogP contribution in [0.5, 0.6) is 0 Å². The molecule has 0 saturated heterocycles. The lowest BCUT2D eigenvalue weighted by molar-refractivity contribution is -0.139. The van der Waals surface area contributed by atoms with E-state index in [0.29, 0.717) is 45.0 Å². The SMILES string of the molecule is C=C(C)C(=O)OCCCOCCCOCCCOCCCOCCCCCCCCCCCC. The normalized spacial score (nSPS) is 11.1. The van der Waals surface area contributed by atoms with E-state index >= 15 is 0 Å². The summed E-state index contributed by atoms with van der Waals surface area (Å²) in [5.74, 6) is -0.342. The van der Waals surface area contributed by atoms with Gasteiger partial charge in [-0.15, -0.1) is 0 Å². The van der Waals surface area contributed by atoms with Gasteiger partial charge < -0.3 is 23.7 Å². The van der Waals surface area contributed by atoms with E-state index in [0.717, 1.165) is 45.7 Å². The van der Waals surface area contributed by atoms with Crippen LogP contribution < -0.4 is 0 Å². The predicted molar refractivity (Wildman–Crippen MR) is 139 cm³/mol. The fourth-order valence-electron chi connectivity index (χ4n) is 3.34. The average molecular weight is 487 g/mol. The second kappa shape index (κ2) is 28.3. The van der Waals surface area contributed by atoms with Crippen molar-refractivity contribution in [3.63, 3.8) is 0 Å². The van der Waals surface area contributed by atoms with Crippen LogP contribution in [0, 0.1) is 0 Å². The number of hydrogen-bond acceptors (Lipinski definition) is 6. The van der Waals surface area contributed by atoms with E-state index in [-0.39, 0.29) is 5.97 Å². The monoisotopic (exact) mass is 486 g/mol. The van der Waals surface area contributed by atoms with Crippen LogP contribution in [0.3, 0.4) is 0 Å². The first-order chi connectivity index (χ1) is 16.7. The molecule has 0 aliphatic heterocycles. The second-order valence-corrected chi connectivity index (χ2v) is 8.96. The zero-order valence-corrected chi connectivity index (χ0v) is 22.4. The van der Waals surface area contributed by atoms with Gasteiger partial charge in [-0.3, -0.25) is 0 Å². The van der Waals surface area contributed by atoms with Crippen molar-refractivity contribution in [2.24, 2.45) is 0 Å². The zero-order chi connectivity index (χ0) is 25.0. The number of carbonyl (C=O) groups is 1. The molecular formula is C28H54O6. The Morgan fingerprint density at radius 1 is 0.500 bits per heavy atom. The van der Waals surface area contributed by atoms with Crippen molar-refractivity contribution in [3.05, 3.63) is 12.2 Å². The predicted octanol–water partition coefficient (Wildman–Crippen LogP) is 6.65. The fourth-order valence-corrected chi connectivity index (χ4v) is 3.34. The molecule has 0 atom stereocenters. The molecule has 34 heavy (non-hydrogen) atoms. The van der Waals surface area contributed by atoms with Crippen molar-refractivity contribution in [3.8, 4) is 0 Å². The van der Waals surface area contributed by atoms with Gasteiger partial charge in [0.1, 0.15) is 0 Å². The zero-order valence-electron chi connectivity index (χ0n) is 22.4. The topological polar surface area (TPSA) is 63.2 Å². The average Bonchev–Trinajstić information content (AvgIpc) is 2.83. The second-order valence-electron chi connectivity index (χ2n) is 8.96. The molecule has 0 bridgehead atoms. The molecule has 0 rings (SSSR count). The van der Waals surface area contributed by atoms with Gasteiger partial charge in [0.05, 0.1) is 6.61 Å². The molecule has 0 amide bonds. The number of unbranched alkanes of at least 4 members (excludes halogenated alkanes) is 9. The standard InChI is InChI=1S/C28H54O6/c1-4-5-6-7-8-9-10-11-12-13-18-30-19-14-20-31-21-15-22-32-23-16-24-33-25-17-26-34-28(29)27(2)3/h2,4-26H2,1,3H3. The van der Waals surface area contributed by atoms with Gasteiger partial charge >= 0.3 is 5.97 Å². The fraction of sp³-hybridized carbons (Fsp3) is 0.893. The Labute approximate surface area is 210 Å². The Morgan fingerprint density at radius 2 is 0.824 bits per heavy atom. The van der Waals surface area contributed by atoms with E-state index in [9.17, 15) is 4.79 Å². The van der Waals surface area contributed by atoms with Gasteiger partial charge in [0.15, 0.2) is 0 Å². The van der Waals surface area contributed by atoms with Gasteiger partial charge in [0.25, 0.3) is 0 Å². The van der Waals surface area contributed by atoms with Crippen molar-refractivity contribution in [2.45, 2.75) is 104 Å². The van der Waals surface area contributed by atoms with Crippen molar-refractivity contribution in [1.29, 1.82) is 0 Å². The molecule has 0 N–H and O–H groups in total. The van der Waals surface area contributed by atoms with Crippen LogP contribution in [0.25, 0.3) is 0 Å². The molecule has 0 saturated carbocycles. The van der Waals surface area contributed by atoms with Crippen molar-refractivity contribution in [1.82, 2.24) is 0 Å². The third kappa shape index (κ3) is 27.3. The summed E-state index contributed by atoms with van der Waals surface area (Å²) < 4.78 is 27.4. The highest BCUT2D eigenvalue weighted by Crippen LogP contribution is 2.10. The molecule has 0 aliphatic carbocycles. The highest BCUT2D eigenvalue weighted by atomic mass is 16.5. The first-order valence-corrected chi connectivity index (χ1v) is 13.8. The maximum absolute atomic E-state index is 11.2. The first-order valence-electron chi connectivity index (χ1n) is 13.8. The summed E-state index contributed by atoms with van der Waals surface area (Å²) in [6, 6.07) is 0. The summed E-state index contributed by atoms with van der Waals surface area (Å²) in [6.07, 6.45) is 17.0. The number of esters is 1. The summed E-state index contributed by atoms with van der Waals surface area (Å²) in [7, 11) is 0. The smallest absolute Gasteiger partial charge is 0.333 e. The molecule has 0 fully saturated rings. The highest BCUT2D eigenvalue weighted by molar-refractivity contribution is 5.86. The minimum atomic E-state index is -0.342. The van der Waals surface area contributed by atoms with Crippen LogP contribution in [0.2, 0.25) is 0 Å². The van der Waals surface area contributed by atoms with E-state index < -0.39 is 0 Å². The molecule has 0 aromatic heterocycles. The van der Waals surface area contributed by atoms with E-state index in [1.807, 2.05) is 0 Å². The number of rotatable bonds is 28. The van der Waals surface area contributed by atoms with Crippen LogP contribution in [0.1, 0.15) is 104 Å². The van der Waals surface area contributed by atoms with Gasteiger partial charge in [-0.25, -0.2) is 4.79 Å². The highest BCUT2D eigenvalue weighted by Gasteiger charge is 2.01. The third-order valence-electron chi connectivity index (χ3n) is 5.39. The summed E-state index contributed by atoms with van der Waals surface area (Å²) in [6.45, 7) is 13.6. The van der Waals surface area contributed by atoms with Gasteiger partial charge in [-0.1, -0.05) is 71.3 Å². The Bertz CT molecular complexity index is 441. The molecule has 0 aromatic rings. The van der Waals surface area contributed by atoms with Gasteiger partial charge in [-0.2, -0.15) is 0 Å². The number of hydrogen-bond donors (Lipinski definition) is 0. The van der Waals surface area contributed by atoms with Crippen LogP contribution in [0.4, 0.5) is 0 Å². The van der Waals surface area contributed by atoms with Crippen LogP contribution in [-0.2, 0) is 28.5 Å². The maximum atomic E-state index is 11.2.